The van der Waals surface area contributed by atoms with Gasteiger partial charge in [-0.05, 0) is 55.1 Å². The van der Waals surface area contributed by atoms with E-state index in [1.807, 2.05) is 24.3 Å². The van der Waals surface area contributed by atoms with Gasteiger partial charge < -0.3 is 20.1 Å². The van der Waals surface area contributed by atoms with E-state index in [0.717, 1.165) is 31.0 Å². The summed E-state index contributed by atoms with van der Waals surface area (Å²) in [5.41, 5.74) is 1.92. The van der Waals surface area contributed by atoms with Gasteiger partial charge in [0.2, 0.25) is 5.91 Å². The number of anilines is 1. The van der Waals surface area contributed by atoms with Gasteiger partial charge in [0.25, 0.3) is 0 Å². The van der Waals surface area contributed by atoms with Crippen molar-refractivity contribution < 1.29 is 14.6 Å². The Morgan fingerprint density at radius 1 is 1.28 bits per heavy atom. The van der Waals surface area contributed by atoms with E-state index in [9.17, 15) is 9.90 Å². The van der Waals surface area contributed by atoms with Gasteiger partial charge in [-0.2, -0.15) is 0 Å². The van der Waals surface area contributed by atoms with Gasteiger partial charge in [-0.25, -0.2) is 0 Å². The number of aliphatic hydroxyl groups excluding tert-OH is 1. The van der Waals surface area contributed by atoms with Gasteiger partial charge in [-0.15, -0.1) is 12.4 Å². The molecule has 0 radical (unpaired) electrons. The molecule has 2 aromatic carbocycles. The Labute approximate surface area is 183 Å². The van der Waals surface area contributed by atoms with Crippen LogP contribution in [-0.2, 0) is 11.2 Å². The van der Waals surface area contributed by atoms with Crippen LogP contribution in [0.15, 0.2) is 48.5 Å². The highest BCUT2D eigenvalue weighted by molar-refractivity contribution is 6.30. The Morgan fingerprint density at radius 2 is 2.00 bits per heavy atom. The fourth-order valence-electron chi connectivity index (χ4n) is 3.62. The SMILES string of the molecule is CC(=O)Nc1ccccc1OC[C@@H](O)CN1CC[C@@H](Cc2ccc(Cl)cc2)C1.Cl. The summed E-state index contributed by atoms with van der Waals surface area (Å²) in [6, 6.07) is 15.3. The number of para-hydroxylation sites is 2. The van der Waals surface area contributed by atoms with Crippen molar-refractivity contribution in [3.05, 3.63) is 59.1 Å². The molecule has 3 rings (SSSR count). The molecule has 1 saturated heterocycles. The van der Waals surface area contributed by atoms with Crippen LogP contribution in [0.3, 0.4) is 0 Å². The maximum atomic E-state index is 11.3. The van der Waals surface area contributed by atoms with Gasteiger partial charge in [0.15, 0.2) is 0 Å². The number of halogens is 2. The van der Waals surface area contributed by atoms with E-state index in [2.05, 4.69) is 22.3 Å². The van der Waals surface area contributed by atoms with Crippen LogP contribution in [0.1, 0.15) is 18.9 Å². The standard InChI is InChI=1S/C22H27ClN2O3.ClH/c1-16(26)24-21-4-2-3-5-22(21)28-15-20(27)14-25-11-10-18(13-25)12-17-6-8-19(23)9-7-17;/h2-9,18,20,27H,10-15H2,1H3,(H,24,26);1H/t18-,20-;/m0./s1. The molecule has 0 aromatic heterocycles. The van der Waals surface area contributed by atoms with Crippen molar-refractivity contribution in [1.29, 1.82) is 0 Å². The maximum absolute atomic E-state index is 11.3. The van der Waals surface area contributed by atoms with Crippen LogP contribution in [0, 0.1) is 5.92 Å². The van der Waals surface area contributed by atoms with Crippen LogP contribution < -0.4 is 10.1 Å². The van der Waals surface area contributed by atoms with Crippen molar-refractivity contribution >= 4 is 35.6 Å². The predicted molar refractivity (Wildman–Crippen MR) is 119 cm³/mol. The summed E-state index contributed by atoms with van der Waals surface area (Å²) in [5.74, 6) is 1.01. The molecule has 1 fully saturated rings. The van der Waals surface area contributed by atoms with E-state index < -0.39 is 6.10 Å². The number of hydrogen-bond donors (Lipinski definition) is 2. The van der Waals surface area contributed by atoms with Crippen molar-refractivity contribution in [3.8, 4) is 5.75 Å². The minimum atomic E-state index is -0.584. The van der Waals surface area contributed by atoms with Crippen molar-refractivity contribution in [3.63, 3.8) is 0 Å². The van der Waals surface area contributed by atoms with Gasteiger partial charge in [-0.3, -0.25) is 4.79 Å². The molecule has 5 nitrogen and oxygen atoms in total. The summed E-state index contributed by atoms with van der Waals surface area (Å²) in [6.07, 6.45) is 1.58. The first-order valence-electron chi connectivity index (χ1n) is 9.64. The average molecular weight is 439 g/mol. The quantitative estimate of drug-likeness (QED) is 0.652. The number of carbonyl (C=O) groups excluding carboxylic acids is 1. The zero-order valence-electron chi connectivity index (χ0n) is 16.5. The molecular formula is C22H28Cl2N2O3. The number of benzene rings is 2. The third-order valence-corrected chi connectivity index (χ3v) is 5.16. The molecule has 0 unspecified atom stereocenters. The Kier molecular flexibility index (Phi) is 9.24. The van der Waals surface area contributed by atoms with E-state index >= 15 is 0 Å². The number of amides is 1. The highest BCUT2D eigenvalue weighted by Crippen LogP contribution is 2.25. The van der Waals surface area contributed by atoms with Gasteiger partial charge >= 0.3 is 0 Å². The number of carbonyl (C=O) groups is 1. The first-order valence-corrected chi connectivity index (χ1v) is 10.0. The van der Waals surface area contributed by atoms with Crippen molar-refractivity contribution in [2.45, 2.75) is 25.9 Å². The minimum absolute atomic E-state index is 0. The lowest BCUT2D eigenvalue weighted by atomic mass is 9.99. The molecular weight excluding hydrogens is 411 g/mol. The summed E-state index contributed by atoms with van der Waals surface area (Å²) < 4.78 is 5.74. The Hall–Kier alpha value is -1.79. The normalized spacial score (nSPS) is 17.4. The van der Waals surface area contributed by atoms with Gasteiger partial charge in [0.05, 0.1) is 5.69 Å². The van der Waals surface area contributed by atoms with Crippen molar-refractivity contribution in [2.75, 3.05) is 31.6 Å². The van der Waals surface area contributed by atoms with Crippen LogP contribution in [-0.4, -0.2) is 48.3 Å². The molecule has 1 heterocycles. The third-order valence-electron chi connectivity index (χ3n) is 4.91. The fourth-order valence-corrected chi connectivity index (χ4v) is 3.75. The molecule has 29 heavy (non-hydrogen) atoms. The van der Waals surface area contributed by atoms with E-state index in [0.29, 0.717) is 23.9 Å². The second-order valence-corrected chi connectivity index (χ2v) is 7.82. The molecule has 0 spiro atoms. The Bertz CT molecular complexity index is 786. The van der Waals surface area contributed by atoms with Crippen molar-refractivity contribution in [2.24, 2.45) is 5.92 Å². The van der Waals surface area contributed by atoms with Gasteiger partial charge in [-0.1, -0.05) is 35.9 Å². The molecule has 1 aliphatic rings. The molecule has 2 aromatic rings. The molecule has 7 heteroatoms. The molecule has 1 aliphatic heterocycles. The second-order valence-electron chi connectivity index (χ2n) is 7.39. The van der Waals surface area contributed by atoms with Crippen LogP contribution in [0.4, 0.5) is 5.69 Å². The Balaban J connectivity index is 0.00000300. The summed E-state index contributed by atoms with van der Waals surface area (Å²) in [6.45, 7) is 4.19. The molecule has 158 valence electrons. The molecule has 0 aliphatic carbocycles. The molecule has 2 atom stereocenters. The number of aliphatic hydroxyl groups is 1. The summed E-state index contributed by atoms with van der Waals surface area (Å²) in [4.78, 5) is 13.6. The largest absolute Gasteiger partial charge is 0.489 e. The van der Waals surface area contributed by atoms with Gasteiger partial charge in [0, 0.05) is 25.0 Å². The lowest BCUT2D eigenvalue weighted by molar-refractivity contribution is -0.114. The zero-order valence-corrected chi connectivity index (χ0v) is 18.1. The van der Waals surface area contributed by atoms with E-state index in [1.165, 1.54) is 12.5 Å². The van der Waals surface area contributed by atoms with Crippen LogP contribution >= 0.6 is 24.0 Å². The van der Waals surface area contributed by atoms with E-state index in [4.69, 9.17) is 16.3 Å². The molecule has 0 bridgehead atoms. The fraction of sp³-hybridized carbons (Fsp3) is 0.409. The minimum Gasteiger partial charge on any atom is -0.489 e. The molecule has 0 saturated carbocycles. The smallest absolute Gasteiger partial charge is 0.221 e. The number of nitrogens with zero attached hydrogens (tertiary/aromatic N) is 1. The number of β-amino-alcohol motifs (C(OH)–C–C–N with tert-alkyl or cyclic N) is 1. The lowest BCUT2D eigenvalue weighted by Crippen LogP contribution is -2.34. The van der Waals surface area contributed by atoms with E-state index in [1.54, 1.807) is 12.1 Å². The van der Waals surface area contributed by atoms with Gasteiger partial charge in [0.1, 0.15) is 18.5 Å². The number of hydrogen-bond acceptors (Lipinski definition) is 4. The first-order chi connectivity index (χ1) is 13.5. The molecule has 1 amide bonds. The number of rotatable bonds is 8. The number of likely N-dealkylation sites (tertiary alicyclic amines) is 1. The predicted octanol–water partition coefficient (Wildman–Crippen LogP) is 4.02. The van der Waals surface area contributed by atoms with Crippen LogP contribution in [0.5, 0.6) is 5.75 Å². The van der Waals surface area contributed by atoms with E-state index in [-0.39, 0.29) is 24.9 Å². The highest BCUT2D eigenvalue weighted by atomic mass is 35.5. The summed E-state index contributed by atoms with van der Waals surface area (Å²) >= 11 is 5.95. The monoisotopic (exact) mass is 438 g/mol. The maximum Gasteiger partial charge on any atom is 0.221 e. The molecule has 2 N–H and O–H groups in total. The summed E-state index contributed by atoms with van der Waals surface area (Å²) in [5, 5.41) is 13.9. The zero-order chi connectivity index (χ0) is 19.9. The lowest BCUT2D eigenvalue weighted by Gasteiger charge is -2.21. The van der Waals surface area contributed by atoms with Crippen LogP contribution in [0.25, 0.3) is 0 Å². The topological polar surface area (TPSA) is 61.8 Å². The third kappa shape index (κ3) is 7.52. The number of ether oxygens (including phenoxy) is 1. The van der Waals surface area contributed by atoms with Crippen LogP contribution in [0.2, 0.25) is 5.02 Å². The highest BCUT2D eigenvalue weighted by Gasteiger charge is 2.24. The first kappa shape index (κ1) is 23.5. The Morgan fingerprint density at radius 3 is 2.72 bits per heavy atom. The second kappa shape index (κ2) is 11.4. The van der Waals surface area contributed by atoms with Crippen molar-refractivity contribution in [1.82, 2.24) is 4.90 Å². The summed E-state index contributed by atoms with van der Waals surface area (Å²) in [7, 11) is 0. The number of nitrogens with one attached hydrogen (secondary N) is 1. The average Bonchev–Trinajstić information content (AvgIpc) is 3.09.